The van der Waals surface area contributed by atoms with E-state index in [0.29, 0.717) is 0 Å². The summed E-state index contributed by atoms with van der Waals surface area (Å²) in [6.07, 6.45) is 0. The van der Waals surface area contributed by atoms with Crippen LogP contribution in [0.15, 0.2) is 18.2 Å². The van der Waals surface area contributed by atoms with Crippen molar-refractivity contribution in [2.45, 2.75) is 26.3 Å². The molecule has 1 aromatic rings. The van der Waals surface area contributed by atoms with Crippen LogP contribution in [0.5, 0.6) is 0 Å². The molecule has 0 aliphatic rings. The largest absolute Gasteiger partial charge is 0.350 e. The summed E-state index contributed by atoms with van der Waals surface area (Å²) in [5, 5.41) is 5.06. The normalized spacial score (nSPS) is 10.9. The minimum atomic E-state index is -0.734. The molecule has 0 radical (unpaired) electrons. The third-order valence-corrected chi connectivity index (χ3v) is 1.87. The van der Waals surface area contributed by atoms with Crippen molar-refractivity contribution in [2.24, 2.45) is 0 Å². The van der Waals surface area contributed by atoms with Crippen LogP contribution >= 0.6 is 0 Å². The second-order valence-corrected chi connectivity index (χ2v) is 4.83. The molecule has 0 aromatic carbocycles. The first-order valence-electron chi connectivity index (χ1n) is 5.50. The average molecular weight is 253 g/mol. The van der Waals surface area contributed by atoms with E-state index in [1.165, 1.54) is 12.1 Å². The van der Waals surface area contributed by atoms with Gasteiger partial charge in [0.1, 0.15) is 5.69 Å². The number of pyridine rings is 1. The van der Waals surface area contributed by atoms with Crippen molar-refractivity contribution >= 4 is 11.8 Å². The van der Waals surface area contributed by atoms with E-state index in [1.54, 1.807) is 0 Å². The summed E-state index contributed by atoms with van der Waals surface area (Å²) in [6, 6.07) is 3.90. The minimum Gasteiger partial charge on any atom is -0.350 e. The second kappa shape index (κ2) is 5.57. The van der Waals surface area contributed by atoms with Gasteiger partial charge in [-0.2, -0.15) is 4.39 Å². The first-order valence-corrected chi connectivity index (χ1v) is 5.50. The van der Waals surface area contributed by atoms with Crippen molar-refractivity contribution in [3.05, 3.63) is 29.8 Å². The van der Waals surface area contributed by atoms with Crippen LogP contribution in [0.4, 0.5) is 4.39 Å². The van der Waals surface area contributed by atoms with E-state index >= 15 is 0 Å². The van der Waals surface area contributed by atoms with Crippen molar-refractivity contribution in [2.75, 3.05) is 6.54 Å². The van der Waals surface area contributed by atoms with E-state index in [1.807, 2.05) is 20.8 Å². The van der Waals surface area contributed by atoms with Crippen LogP contribution in [0.2, 0.25) is 0 Å². The highest BCUT2D eigenvalue weighted by molar-refractivity contribution is 5.94. The van der Waals surface area contributed by atoms with Gasteiger partial charge in [-0.3, -0.25) is 9.59 Å². The molecule has 0 aliphatic heterocycles. The van der Waals surface area contributed by atoms with Gasteiger partial charge in [-0.05, 0) is 32.9 Å². The monoisotopic (exact) mass is 253 g/mol. The smallest absolute Gasteiger partial charge is 0.270 e. The maximum atomic E-state index is 12.8. The lowest BCUT2D eigenvalue weighted by atomic mass is 10.1. The predicted octanol–water partition coefficient (Wildman–Crippen LogP) is 0.865. The fourth-order valence-corrected chi connectivity index (χ4v) is 1.25. The van der Waals surface area contributed by atoms with Crippen LogP contribution in [-0.4, -0.2) is 28.9 Å². The molecule has 1 aromatic heterocycles. The van der Waals surface area contributed by atoms with Gasteiger partial charge < -0.3 is 10.6 Å². The van der Waals surface area contributed by atoms with Gasteiger partial charge in [-0.1, -0.05) is 6.07 Å². The predicted molar refractivity (Wildman–Crippen MR) is 64.4 cm³/mol. The summed E-state index contributed by atoms with van der Waals surface area (Å²) in [5.41, 5.74) is -0.419. The Bertz CT molecular complexity index is 455. The standard InChI is InChI=1S/C12H16FN3O2/c1-12(2,3)16-10(17)7-14-11(18)8-5-4-6-9(13)15-8/h4-6H,7H2,1-3H3,(H,14,18)(H,16,17). The Morgan fingerprint density at radius 3 is 2.56 bits per heavy atom. The first-order chi connectivity index (χ1) is 8.28. The van der Waals surface area contributed by atoms with Crippen LogP contribution in [0.3, 0.4) is 0 Å². The molecule has 0 aliphatic carbocycles. The lowest BCUT2D eigenvalue weighted by Crippen LogP contribution is -2.45. The van der Waals surface area contributed by atoms with E-state index in [2.05, 4.69) is 15.6 Å². The number of hydrogen-bond acceptors (Lipinski definition) is 3. The highest BCUT2D eigenvalue weighted by Gasteiger charge is 2.15. The number of aromatic nitrogens is 1. The van der Waals surface area contributed by atoms with Gasteiger partial charge in [0.15, 0.2) is 0 Å². The molecule has 0 spiro atoms. The van der Waals surface area contributed by atoms with Crippen molar-refractivity contribution < 1.29 is 14.0 Å². The van der Waals surface area contributed by atoms with Crippen molar-refractivity contribution in [3.63, 3.8) is 0 Å². The van der Waals surface area contributed by atoms with Crippen molar-refractivity contribution in [3.8, 4) is 0 Å². The quantitative estimate of drug-likeness (QED) is 0.785. The lowest BCUT2D eigenvalue weighted by molar-refractivity contribution is -0.121. The minimum absolute atomic E-state index is 0.0569. The first kappa shape index (κ1) is 14.1. The van der Waals surface area contributed by atoms with Gasteiger partial charge in [0.05, 0.1) is 6.54 Å². The Balaban J connectivity index is 2.49. The van der Waals surface area contributed by atoms with Gasteiger partial charge in [0.2, 0.25) is 11.9 Å². The number of rotatable bonds is 3. The number of nitrogens with one attached hydrogen (secondary N) is 2. The zero-order valence-corrected chi connectivity index (χ0v) is 10.6. The third-order valence-electron chi connectivity index (χ3n) is 1.87. The summed E-state index contributed by atoms with van der Waals surface area (Å²) < 4.78 is 12.8. The SMILES string of the molecule is CC(C)(C)NC(=O)CNC(=O)c1cccc(F)n1. The molecule has 5 nitrogen and oxygen atoms in total. The molecule has 2 N–H and O–H groups in total. The zero-order chi connectivity index (χ0) is 13.8. The molecule has 0 saturated heterocycles. The summed E-state index contributed by atoms with van der Waals surface area (Å²) in [4.78, 5) is 26.4. The van der Waals surface area contributed by atoms with E-state index in [9.17, 15) is 14.0 Å². The molecule has 98 valence electrons. The third kappa shape index (κ3) is 4.90. The molecule has 0 atom stereocenters. The molecule has 1 heterocycles. The Hall–Kier alpha value is -1.98. The van der Waals surface area contributed by atoms with Crippen LogP contribution in [-0.2, 0) is 4.79 Å². The number of halogens is 1. The molecule has 18 heavy (non-hydrogen) atoms. The second-order valence-electron chi connectivity index (χ2n) is 4.83. The molecular weight excluding hydrogens is 237 g/mol. The number of carbonyl (C=O) groups is 2. The number of carbonyl (C=O) groups excluding carboxylic acids is 2. The van der Waals surface area contributed by atoms with Crippen LogP contribution in [0, 0.1) is 5.95 Å². The maximum Gasteiger partial charge on any atom is 0.270 e. The zero-order valence-electron chi connectivity index (χ0n) is 10.6. The fraction of sp³-hybridized carbons (Fsp3) is 0.417. The summed E-state index contributed by atoms with van der Waals surface area (Å²) in [6.45, 7) is 5.33. The van der Waals surface area contributed by atoms with Crippen molar-refractivity contribution in [1.82, 2.24) is 15.6 Å². The van der Waals surface area contributed by atoms with Gasteiger partial charge in [0.25, 0.3) is 5.91 Å². The Labute approximate surface area is 105 Å². The molecule has 1 rings (SSSR count). The number of amides is 2. The van der Waals surface area contributed by atoms with Crippen LogP contribution in [0.25, 0.3) is 0 Å². The van der Waals surface area contributed by atoms with Crippen molar-refractivity contribution in [1.29, 1.82) is 0 Å². The number of hydrogen-bond donors (Lipinski definition) is 2. The molecule has 0 fully saturated rings. The van der Waals surface area contributed by atoms with E-state index in [-0.39, 0.29) is 23.7 Å². The van der Waals surface area contributed by atoms with E-state index < -0.39 is 11.9 Å². The lowest BCUT2D eigenvalue weighted by Gasteiger charge is -2.20. The Morgan fingerprint density at radius 2 is 2.00 bits per heavy atom. The molecule has 2 amide bonds. The van der Waals surface area contributed by atoms with Crippen LogP contribution in [0.1, 0.15) is 31.3 Å². The average Bonchev–Trinajstić information content (AvgIpc) is 2.23. The molecule has 0 bridgehead atoms. The highest BCUT2D eigenvalue weighted by Crippen LogP contribution is 1.99. The topological polar surface area (TPSA) is 71.1 Å². The Morgan fingerprint density at radius 1 is 1.33 bits per heavy atom. The summed E-state index contributed by atoms with van der Waals surface area (Å²) in [7, 11) is 0. The maximum absolute atomic E-state index is 12.8. The number of nitrogens with zero attached hydrogens (tertiary/aromatic N) is 1. The van der Waals surface area contributed by atoms with Gasteiger partial charge >= 0.3 is 0 Å². The Kier molecular flexibility index (Phi) is 4.36. The van der Waals surface area contributed by atoms with Gasteiger partial charge in [-0.15, -0.1) is 0 Å². The summed E-state index contributed by atoms with van der Waals surface area (Å²) in [5.74, 6) is -1.63. The van der Waals surface area contributed by atoms with Gasteiger partial charge in [-0.25, -0.2) is 4.98 Å². The molecular formula is C12H16FN3O2. The summed E-state index contributed by atoms with van der Waals surface area (Å²) >= 11 is 0. The van der Waals surface area contributed by atoms with E-state index in [0.717, 1.165) is 6.07 Å². The molecule has 6 heteroatoms. The highest BCUT2D eigenvalue weighted by atomic mass is 19.1. The molecule has 0 unspecified atom stereocenters. The van der Waals surface area contributed by atoms with Crippen LogP contribution < -0.4 is 10.6 Å². The fourth-order valence-electron chi connectivity index (χ4n) is 1.25. The van der Waals surface area contributed by atoms with E-state index in [4.69, 9.17) is 0 Å². The van der Waals surface area contributed by atoms with Gasteiger partial charge in [0, 0.05) is 5.54 Å². The molecule has 0 saturated carbocycles.